The molecule has 0 aromatic carbocycles. The van der Waals surface area contributed by atoms with Crippen LogP contribution in [0.2, 0.25) is 0 Å². The van der Waals surface area contributed by atoms with Crippen LogP contribution in [-0.4, -0.2) is 49.7 Å². The Bertz CT molecular complexity index is 660. The van der Waals surface area contributed by atoms with Crippen molar-refractivity contribution in [2.75, 3.05) is 18.4 Å². The maximum absolute atomic E-state index is 12.3. The van der Waals surface area contributed by atoms with E-state index in [2.05, 4.69) is 50.0 Å². The number of nitrogens with zero attached hydrogens (tertiary/aromatic N) is 5. The first kappa shape index (κ1) is 17.0. The fourth-order valence-electron chi connectivity index (χ4n) is 3.23. The predicted octanol–water partition coefficient (Wildman–Crippen LogP) is 2.52. The molecule has 1 aliphatic heterocycles. The quantitative estimate of drug-likeness (QED) is 0.898. The van der Waals surface area contributed by atoms with Crippen molar-refractivity contribution in [3.8, 4) is 0 Å². The average Bonchev–Trinajstić information content (AvgIpc) is 3.25. The summed E-state index contributed by atoms with van der Waals surface area (Å²) in [5.74, 6) is 1.63. The second kappa shape index (κ2) is 7.40. The number of hydrogen-bond donors (Lipinski definition) is 1. The Morgan fingerprint density at radius 3 is 2.71 bits per heavy atom. The lowest BCUT2D eigenvalue weighted by molar-refractivity contribution is -0.121. The molecule has 3 rings (SSSR count). The first-order valence-electron chi connectivity index (χ1n) is 8.40. The van der Waals surface area contributed by atoms with Crippen LogP contribution in [0.3, 0.4) is 0 Å². The zero-order chi connectivity index (χ0) is 17.1. The minimum Gasteiger partial charge on any atom is -0.332 e. The van der Waals surface area contributed by atoms with Gasteiger partial charge in [0.1, 0.15) is 11.3 Å². The lowest BCUT2D eigenvalue weighted by Crippen LogP contribution is -2.46. The van der Waals surface area contributed by atoms with Crippen molar-refractivity contribution in [1.29, 1.82) is 0 Å². The fraction of sp³-hybridized carbons (Fsp3) is 0.625. The number of carbonyl (C=O) groups is 1. The average molecular weight is 348 g/mol. The summed E-state index contributed by atoms with van der Waals surface area (Å²) in [7, 11) is 0. The molecule has 2 aromatic heterocycles. The Hall–Kier alpha value is -1.80. The Morgan fingerprint density at radius 2 is 2.08 bits per heavy atom. The Morgan fingerprint density at radius 1 is 1.33 bits per heavy atom. The number of aromatic nitrogens is 4. The minimum atomic E-state index is -0.167. The van der Waals surface area contributed by atoms with Crippen LogP contribution >= 0.6 is 11.3 Å². The van der Waals surface area contributed by atoms with Crippen LogP contribution in [0.1, 0.15) is 51.4 Å². The van der Waals surface area contributed by atoms with E-state index in [0.717, 1.165) is 25.9 Å². The molecule has 8 heteroatoms. The molecule has 0 radical (unpaired) electrons. The fourth-order valence-corrected chi connectivity index (χ4v) is 3.67. The number of carbonyl (C=O) groups excluding carboxylic acids is 1. The lowest BCUT2D eigenvalue weighted by atomic mass is 9.94. The molecular weight excluding hydrogens is 324 g/mol. The molecule has 0 aliphatic carbocycles. The Kier molecular flexibility index (Phi) is 5.25. The van der Waals surface area contributed by atoms with Gasteiger partial charge in [-0.2, -0.15) is 0 Å². The van der Waals surface area contributed by atoms with E-state index in [0.29, 0.717) is 17.1 Å². The Balaban J connectivity index is 1.56. The number of anilines is 1. The first-order chi connectivity index (χ1) is 11.6. The van der Waals surface area contributed by atoms with Gasteiger partial charge in [0.15, 0.2) is 0 Å². The summed E-state index contributed by atoms with van der Waals surface area (Å²) >= 11 is 1.33. The molecule has 130 valence electrons. The number of rotatable bonds is 5. The zero-order valence-corrected chi connectivity index (χ0v) is 15.2. The van der Waals surface area contributed by atoms with Crippen molar-refractivity contribution < 1.29 is 4.79 Å². The van der Waals surface area contributed by atoms with E-state index < -0.39 is 0 Å². The molecule has 2 aromatic rings. The molecule has 7 nitrogen and oxygen atoms in total. The van der Waals surface area contributed by atoms with Crippen LogP contribution in [0.15, 0.2) is 17.9 Å². The molecule has 0 spiro atoms. The summed E-state index contributed by atoms with van der Waals surface area (Å²) in [6.45, 7) is 8.12. The van der Waals surface area contributed by atoms with Crippen molar-refractivity contribution in [3.05, 3.63) is 23.7 Å². The monoisotopic (exact) mass is 348 g/mol. The molecule has 1 unspecified atom stereocenters. The van der Waals surface area contributed by atoms with Gasteiger partial charge in [0.25, 0.3) is 0 Å². The van der Waals surface area contributed by atoms with Crippen LogP contribution in [0.5, 0.6) is 0 Å². The number of piperidine rings is 1. The maximum atomic E-state index is 12.3. The topological polar surface area (TPSA) is 75.9 Å². The van der Waals surface area contributed by atoms with E-state index in [4.69, 9.17) is 0 Å². The van der Waals surface area contributed by atoms with Gasteiger partial charge >= 0.3 is 0 Å². The van der Waals surface area contributed by atoms with Crippen LogP contribution in [-0.2, 0) is 4.79 Å². The molecule has 1 fully saturated rings. The largest absolute Gasteiger partial charge is 0.332 e. The third kappa shape index (κ3) is 3.64. The van der Waals surface area contributed by atoms with E-state index in [1.54, 1.807) is 5.51 Å². The number of amides is 1. The first-order valence-corrected chi connectivity index (χ1v) is 9.28. The van der Waals surface area contributed by atoms with E-state index in [-0.39, 0.29) is 11.9 Å². The Labute approximate surface area is 146 Å². The third-order valence-corrected chi connectivity index (χ3v) is 5.27. The summed E-state index contributed by atoms with van der Waals surface area (Å²) in [5.41, 5.74) is 1.61. The maximum Gasteiger partial charge on any atom is 0.243 e. The molecule has 0 saturated carbocycles. The van der Waals surface area contributed by atoms with Gasteiger partial charge in [0.05, 0.1) is 6.04 Å². The van der Waals surface area contributed by atoms with Gasteiger partial charge in [-0.3, -0.25) is 15.0 Å². The summed E-state index contributed by atoms with van der Waals surface area (Å²) in [6, 6.07) is 0.261. The summed E-state index contributed by atoms with van der Waals surface area (Å²) < 4.78 is 2.26. The van der Waals surface area contributed by atoms with Crippen molar-refractivity contribution >= 4 is 22.4 Å². The van der Waals surface area contributed by atoms with E-state index in [9.17, 15) is 4.79 Å². The second-order valence-electron chi connectivity index (χ2n) is 6.51. The number of hydrogen-bond acceptors (Lipinski definition) is 6. The molecule has 1 amide bonds. The molecule has 1 atom stereocenters. The summed E-state index contributed by atoms with van der Waals surface area (Å²) in [5, 5.41) is 11.0. The van der Waals surface area contributed by atoms with Crippen molar-refractivity contribution in [2.45, 2.75) is 51.6 Å². The van der Waals surface area contributed by atoms with Crippen molar-refractivity contribution in [2.24, 2.45) is 0 Å². The molecule has 1 saturated heterocycles. The normalized spacial score (nSPS) is 18.0. The highest BCUT2D eigenvalue weighted by atomic mass is 32.1. The van der Waals surface area contributed by atoms with Crippen LogP contribution in [0, 0.1) is 0 Å². The SMILES string of the molecule is CC(C(=O)Nc1nncs1)N1CCC(c2nccn2C(C)C)CC1. The number of nitrogens with one attached hydrogen (secondary N) is 1. The third-order valence-electron chi connectivity index (χ3n) is 4.67. The molecular formula is C16H24N6OS. The van der Waals surface area contributed by atoms with Gasteiger partial charge < -0.3 is 4.57 Å². The zero-order valence-electron chi connectivity index (χ0n) is 14.3. The molecule has 3 heterocycles. The molecule has 1 N–H and O–H groups in total. The van der Waals surface area contributed by atoms with Crippen LogP contribution < -0.4 is 5.32 Å². The standard InChI is InChI=1S/C16H24N6OS/c1-11(2)22-9-6-17-14(22)13-4-7-21(8-5-13)12(3)15(23)19-16-20-18-10-24-16/h6,9-13H,4-5,7-8H2,1-3H3,(H,19,20,23). The van der Waals surface area contributed by atoms with Crippen molar-refractivity contribution in [3.63, 3.8) is 0 Å². The summed E-state index contributed by atoms with van der Waals surface area (Å²) in [6.07, 6.45) is 6.00. The highest BCUT2D eigenvalue weighted by Gasteiger charge is 2.29. The molecule has 24 heavy (non-hydrogen) atoms. The van der Waals surface area contributed by atoms with E-state index >= 15 is 0 Å². The van der Waals surface area contributed by atoms with Crippen LogP contribution in [0.25, 0.3) is 0 Å². The highest BCUT2D eigenvalue weighted by molar-refractivity contribution is 7.13. The molecule has 0 bridgehead atoms. The predicted molar refractivity (Wildman–Crippen MR) is 94.2 cm³/mol. The summed E-state index contributed by atoms with van der Waals surface area (Å²) in [4.78, 5) is 19.1. The number of likely N-dealkylation sites (tertiary alicyclic amines) is 1. The van der Waals surface area contributed by atoms with Gasteiger partial charge in [-0.1, -0.05) is 11.3 Å². The smallest absolute Gasteiger partial charge is 0.243 e. The van der Waals surface area contributed by atoms with Gasteiger partial charge in [-0.25, -0.2) is 4.98 Å². The molecule has 1 aliphatic rings. The number of imidazole rings is 1. The van der Waals surface area contributed by atoms with Gasteiger partial charge in [-0.05, 0) is 46.7 Å². The second-order valence-corrected chi connectivity index (χ2v) is 7.34. The van der Waals surface area contributed by atoms with E-state index in [1.165, 1.54) is 17.2 Å². The van der Waals surface area contributed by atoms with Gasteiger partial charge in [0.2, 0.25) is 11.0 Å². The lowest BCUT2D eigenvalue weighted by Gasteiger charge is -2.35. The van der Waals surface area contributed by atoms with Gasteiger partial charge in [0, 0.05) is 24.4 Å². The van der Waals surface area contributed by atoms with Gasteiger partial charge in [-0.15, -0.1) is 10.2 Å². The minimum absolute atomic E-state index is 0.0196. The van der Waals surface area contributed by atoms with Crippen molar-refractivity contribution in [1.82, 2.24) is 24.6 Å². The highest BCUT2D eigenvalue weighted by Crippen LogP contribution is 2.29. The van der Waals surface area contributed by atoms with Crippen LogP contribution in [0.4, 0.5) is 5.13 Å². The van der Waals surface area contributed by atoms with E-state index in [1.807, 2.05) is 13.1 Å².